The van der Waals surface area contributed by atoms with E-state index in [1.807, 2.05) is 0 Å². The van der Waals surface area contributed by atoms with Gasteiger partial charge in [0.2, 0.25) is 0 Å². The van der Waals surface area contributed by atoms with Crippen molar-refractivity contribution in [2.24, 2.45) is 0 Å². The Kier molecular flexibility index (Phi) is 214. The van der Waals surface area contributed by atoms with E-state index >= 15 is 0 Å². The molecule has 4 nitrogen and oxygen atoms in total. The smallest absolute Gasteiger partial charge is 0.0402 e. The molecule has 0 aromatic heterocycles. The highest BCUT2D eigenvalue weighted by molar-refractivity contribution is 3.84. The quantitative estimate of drug-likeness (QED) is 0.401. The molecule has 0 atom stereocenters. The van der Waals surface area contributed by atoms with Gasteiger partial charge in [-0.3, -0.25) is 0 Å². The summed E-state index contributed by atoms with van der Waals surface area (Å²) in [6.45, 7) is 3.86. The van der Waals surface area contributed by atoms with Gasteiger partial charge in [-0.1, -0.05) is 0 Å². The Balaban J connectivity index is -0.0000000160. The molecule has 56 valence electrons. The van der Waals surface area contributed by atoms with Crippen molar-refractivity contribution in [3.63, 3.8) is 0 Å². The van der Waals surface area contributed by atoms with E-state index in [0.29, 0.717) is 0 Å². The molecule has 0 aliphatic rings. The lowest BCUT2D eigenvalue weighted by Crippen LogP contribution is -1.57. The van der Waals surface area contributed by atoms with Crippen LogP contribution in [0.15, 0.2) is 0 Å². The standard InChI is InChI=1S/2C2H6O.H3N.H2O/c2*1-2-3;;/h2*3H,2H2,1H3;1H3;1H2. The summed E-state index contributed by atoms with van der Waals surface area (Å²) in [5.74, 6) is 0. The van der Waals surface area contributed by atoms with Crippen LogP contribution in [0.4, 0.5) is 0 Å². The third-order valence-electron chi connectivity index (χ3n) is 0. The van der Waals surface area contributed by atoms with E-state index in [1.165, 1.54) is 0 Å². The Morgan fingerprint density at radius 2 is 1.00 bits per heavy atom. The van der Waals surface area contributed by atoms with E-state index in [1.54, 1.807) is 13.8 Å². The van der Waals surface area contributed by atoms with Gasteiger partial charge in [-0.25, -0.2) is 0 Å². The van der Waals surface area contributed by atoms with E-state index in [-0.39, 0.29) is 24.8 Å². The van der Waals surface area contributed by atoms with Crippen LogP contribution in [0.1, 0.15) is 13.8 Å². The minimum absolute atomic E-state index is 0. The van der Waals surface area contributed by atoms with Crippen molar-refractivity contribution in [2.45, 2.75) is 13.8 Å². The Bertz CT molecular complexity index is 13.2. The first-order valence-electron chi connectivity index (χ1n) is 2.05. The fourth-order valence-electron chi connectivity index (χ4n) is 0. The monoisotopic (exact) mass is 127 g/mol. The van der Waals surface area contributed by atoms with Crippen molar-refractivity contribution in [1.82, 2.24) is 6.15 Å². The lowest BCUT2D eigenvalue weighted by atomic mass is 10.9. The molecule has 0 unspecified atom stereocenters. The fourth-order valence-corrected chi connectivity index (χ4v) is 0. The van der Waals surface area contributed by atoms with Gasteiger partial charge in [0.15, 0.2) is 0 Å². The van der Waals surface area contributed by atoms with Crippen molar-refractivity contribution in [2.75, 3.05) is 13.2 Å². The van der Waals surface area contributed by atoms with E-state index < -0.39 is 0 Å². The molecule has 0 radical (unpaired) electrons. The summed E-state index contributed by atoms with van der Waals surface area (Å²) >= 11 is 0. The first kappa shape index (κ1) is 24.9. The number of rotatable bonds is 0. The number of aliphatic hydroxyl groups is 2. The van der Waals surface area contributed by atoms with E-state index in [0.717, 1.165) is 0 Å². The third-order valence-corrected chi connectivity index (χ3v) is 0. The third kappa shape index (κ3) is 5340. The molecule has 0 bridgehead atoms. The highest BCUT2D eigenvalue weighted by atomic mass is 16.3. The highest BCUT2D eigenvalue weighted by Crippen LogP contribution is 1.30. The first-order chi connectivity index (χ1) is 2.83. The van der Waals surface area contributed by atoms with Crippen LogP contribution in [0.3, 0.4) is 0 Å². The largest absolute Gasteiger partial charge is 0.412 e. The molecule has 0 spiro atoms. The summed E-state index contributed by atoms with van der Waals surface area (Å²) in [5.41, 5.74) is 0. The molecule has 0 rings (SSSR count). The summed E-state index contributed by atoms with van der Waals surface area (Å²) < 4.78 is 0. The molecule has 0 fully saturated rings. The maximum Gasteiger partial charge on any atom is 0.0402 e. The maximum absolute atomic E-state index is 7.57. The Hall–Kier alpha value is -0.160. The molecule has 7 N–H and O–H groups in total. The van der Waals surface area contributed by atoms with Crippen LogP contribution in [0.2, 0.25) is 0 Å². The average molecular weight is 127 g/mol. The van der Waals surface area contributed by atoms with E-state index in [4.69, 9.17) is 10.2 Å². The van der Waals surface area contributed by atoms with Crippen LogP contribution in [0, 0.1) is 0 Å². The minimum atomic E-state index is 0. The van der Waals surface area contributed by atoms with Crippen molar-refractivity contribution in [3.8, 4) is 0 Å². The predicted molar refractivity (Wildman–Crippen MR) is 34.2 cm³/mol. The van der Waals surface area contributed by atoms with E-state index in [2.05, 4.69) is 0 Å². The molecule has 4 heteroatoms. The Morgan fingerprint density at radius 3 is 1.00 bits per heavy atom. The van der Waals surface area contributed by atoms with Crippen molar-refractivity contribution < 1.29 is 15.7 Å². The molecular formula is C4H17NO3. The van der Waals surface area contributed by atoms with E-state index in [9.17, 15) is 0 Å². The van der Waals surface area contributed by atoms with Gasteiger partial charge in [-0.15, -0.1) is 0 Å². The van der Waals surface area contributed by atoms with Crippen LogP contribution in [0.5, 0.6) is 0 Å². The molecule has 0 aliphatic heterocycles. The predicted octanol–water partition coefficient (Wildman–Crippen LogP) is -0.665. The second-order valence-corrected chi connectivity index (χ2v) is 0.632. The van der Waals surface area contributed by atoms with Gasteiger partial charge in [0.1, 0.15) is 0 Å². The molecule has 8 heavy (non-hydrogen) atoms. The Labute approximate surface area is 50.0 Å². The summed E-state index contributed by atoms with van der Waals surface area (Å²) in [4.78, 5) is 0. The normalized spacial score (nSPS) is 4.50. The second-order valence-electron chi connectivity index (χ2n) is 0.632. The molecular weight excluding hydrogens is 110 g/mol. The lowest BCUT2D eigenvalue weighted by molar-refractivity contribution is 0.318. The van der Waals surface area contributed by atoms with Gasteiger partial charge in [-0.2, -0.15) is 0 Å². The average Bonchev–Trinajstić information content (AvgIpc) is 1.39. The summed E-state index contributed by atoms with van der Waals surface area (Å²) in [6, 6.07) is 0. The number of hydrogen-bond donors (Lipinski definition) is 3. The second kappa shape index (κ2) is 68.9. The lowest BCUT2D eigenvalue weighted by Gasteiger charge is -1.52. The van der Waals surface area contributed by atoms with Gasteiger partial charge >= 0.3 is 0 Å². The molecule has 0 heterocycles. The van der Waals surface area contributed by atoms with Crippen LogP contribution in [-0.2, 0) is 0 Å². The topological polar surface area (TPSA) is 107 Å². The minimum Gasteiger partial charge on any atom is -0.412 e. The van der Waals surface area contributed by atoms with Gasteiger partial charge in [-0.05, 0) is 13.8 Å². The van der Waals surface area contributed by atoms with Crippen molar-refractivity contribution in [3.05, 3.63) is 0 Å². The molecule has 0 saturated heterocycles. The molecule has 0 aliphatic carbocycles. The molecule has 0 amide bonds. The van der Waals surface area contributed by atoms with Crippen LogP contribution >= 0.6 is 0 Å². The molecule has 0 aromatic carbocycles. The van der Waals surface area contributed by atoms with Gasteiger partial charge in [0.05, 0.1) is 0 Å². The van der Waals surface area contributed by atoms with Gasteiger partial charge < -0.3 is 21.8 Å². The number of hydrogen-bond acceptors (Lipinski definition) is 3. The summed E-state index contributed by atoms with van der Waals surface area (Å²) in [5, 5.41) is 15.1. The molecule has 0 aromatic rings. The zero-order valence-electron chi connectivity index (χ0n) is 5.52. The number of aliphatic hydroxyl groups excluding tert-OH is 2. The SMILES string of the molecule is CCO.CCO.N.O. The fraction of sp³-hybridized carbons (Fsp3) is 1.00. The van der Waals surface area contributed by atoms with Crippen molar-refractivity contribution >= 4 is 0 Å². The maximum atomic E-state index is 7.57. The van der Waals surface area contributed by atoms with Crippen LogP contribution in [-0.4, -0.2) is 28.9 Å². The molecule has 0 saturated carbocycles. The van der Waals surface area contributed by atoms with Crippen LogP contribution in [0.25, 0.3) is 0 Å². The van der Waals surface area contributed by atoms with Crippen LogP contribution < -0.4 is 6.15 Å². The summed E-state index contributed by atoms with van der Waals surface area (Å²) in [6.07, 6.45) is 0. The van der Waals surface area contributed by atoms with Gasteiger partial charge in [0, 0.05) is 13.2 Å². The Morgan fingerprint density at radius 1 is 1.00 bits per heavy atom. The zero-order chi connectivity index (χ0) is 5.41. The zero-order valence-corrected chi connectivity index (χ0v) is 5.52. The summed E-state index contributed by atoms with van der Waals surface area (Å²) in [7, 11) is 0. The first-order valence-corrected chi connectivity index (χ1v) is 2.05. The van der Waals surface area contributed by atoms with Crippen molar-refractivity contribution in [1.29, 1.82) is 0 Å². The van der Waals surface area contributed by atoms with Gasteiger partial charge in [0.25, 0.3) is 0 Å². The highest BCUT2D eigenvalue weighted by Gasteiger charge is 1.34.